The number of likely N-dealkylation sites (N-methyl/N-ethyl adjacent to an activating group) is 1. The molecule has 220 valence electrons. The van der Waals surface area contributed by atoms with E-state index >= 15 is 0 Å². The number of para-hydroxylation sites is 1. The van der Waals surface area contributed by atoms with Crippen molar-refractivity contribution in [2.75, 3.05) is 50.2 Å². The molecule has 0 radical (unpaired) electrons. The van der Waals surface area contributed by atoms with Crippen LogP contribution in [0, 0.1) is 0 Å². The second-order valence-corrected chi connectivity index (χ2v) is 10.8. The third-order valence-corrected chi connectivity index (χ3v) is 7.53. The van der Waals surface area contributed by atoms with Gasteiger partial charge >= 0.3 is 6.09 Å². The quantitative estimate of drug-likeness (QED) is 0.331. The van der Waals surface area contributed by atoms with Crippen molar-refractivity contribution in [1.82, 2.24) is 15.2 Å². The molecule has 0 unspecified atom stereocenters. The predicted octanol–water partition coefficient (Wildman–Crippen LogP) is 5.16. The molecule has 0 bridgehead atoms. The highest BCUT2D eigenvalue weighted by Crippen LogP contribution is 2.33. The van der Waals surface area contributed by atoms with E-state index < -0.39 is 6.09 Å². The Bertz CT molecular complexity index is 1370. The van der Waals surface area contributed by atoms with Gasteiger partial charge in [-0.2, -0.15) is 0 Å². The van der Waals surface area contributed by atoms with Gasteiger partial charge in [0.2, 0.25) is 5.91 Å². The number of hydrogen-bond donors (Lipinski definition) is 2. The highest BCUT2D eigenvalue weighted by molar-refractivity contribution is 5.97. The molecule has 0 aromatic heterocycles. The van der Waals surface area contributed by atoms with Crippen LogP contribution in [0.25, 0.3) is 11.1 Å². The molecule has 0 atom stereocenters. The van der Waals surface area contributed by atoms with Gasteiger partial charge in [0.25, 0.3) is 5.91 Å². The van der Waals surface area contributed by atoms with E-state index in [9.17, 15) is 14.4 Å². The molecule has 2 N–H and O–H groups in total. The summed E-state index contributed by atoms with van der Waals surface area (Å²) in [7, 11) is 1.67. The van der Waals surface area contributed by atoms with E-state index in [2.05, 4.69) is 15.6 Å². The number of hydrogen-bond acceptors (Lipinski definition) is 6. The predicted molar refractivity (Wildman–Crippen MR) is 164 cm³/mol. The maximum atomic E-state index is 13.6. The molecule has 0 spiro atoms. The summed E-state index contributed by atoms with van der Waals surface area (Å²) in [6.45, 7) is 2.04. The van der Waals surface area contributed by atoms with Crippen LogP contribution in [-0.2, 0) is 9.53 Å². The summed E-state index contributed by atoms with van der Waals surface area (Å²) in [6, 6.07) is 25.2. The number of nitrogens with one attached hydrogen (secondary N) is 2. The first-order valence-corrected chi connectivity index (χ1v) is 14.7. The number of amides is 3. The molecular formula is C33H39N5O4. The molecule has 1 aliphatic heterocycles. The average Bonchev–Trinajstić information content (AvgIpc) is 3.86. The molecule has 42 heavy (non-hydrogen) atoms. The zero-order valence-corrected chi connectivity index (χ0v) is 24.1. The largest absolute Gasteiger partial charge is 0.446 e. The Morgan fingerprint density at radius 3 is 2.40 bits per heavy atom. The first-order chi connectivity index (χ1) is 20.5. The summed E-state index contributed by atoms with van der Waals surface area (Å²) >= 11 is 0. The van der Waals surface area contributed by atoms with Crippen LogP contribution in [-0.4, -0.2) is 73.7 Å². The monoisotopic (exact) mass is 569 g/mol. The SMILES string of the molecule is CN(CCOC(=O)N(c1ccccc1-c1ccccc1)N1CCCCC1)C(=O)c1cccc(NC(=O)CNC2CC2)c1. The normalized spacial score (nSPS) is 15.1. The number of rotatable bonds is 11. The number of benzene rings is 3. The first kappa shape index (κ1) is 29.3. The van der Waals surface area contributed by atoms with Gasteiger partial charge in [-0.1, -0.05) is 61.0 Å². The van der Waals surface area contributed by atoms with Crippen molar-refractivity contribution in [3.8, 4) is 11.1 Å². The van der Waals surface area contributed by atoms with E-state index in [0.29, 0.717) is 17.3 Å². The fourth-order valence-corrected chi connectivity index (χ4v) is 5.08. The van der Waals surface area contributed by atoms with Crippen LogP contribution in [0.1, 0.15) is 42.5 Å². The van der Waals surface area contributed by atoms with E-state index in [0.717, 1.165) is 62.0 Å². The van der Waals surface area contributed by atoms with E-state index in [1.807, 2.05) is 54.6 Å². The topological polar surface area (TPSA) is 94.2 Å². The molecule has 1 aliphatic carbocycles. The maximum absolute atomic E-state index is 13.6. The molecule has 2 fully saturated rings. The number of piperidine rings is 1. The van der Waals surface area contributed by atoms with Gasteiger partial charge < -0.3 is 20.3 Å². The second kappa shape index (κ2) is 14.1. The second-order valence-electron chi connectivity index (χ2n) is 10.8. The third-order valence-electron chi connectivity index (χ3n) is 7.53. The van der Waals surface area contributed by atoms with Crippen molar-refractivity contribution in [1.29, 1.82) is 0 Å². The lowest BCUT2D eigenvalue weighted by molar-refractivity contribution is -0.115. The molecule has 3 aromatic rings. The standard InChI is InChI=1S/C33H39N5O4/c1-36(32(40)26-13-10-14-28(23-26)35-31(39)24-34-27-17-18-27)21-22-42-33(41)38(37-19-8-3-9-20-37)30-16-7-6-15-29(30)25-11-4-2-5-12-25/h2,4-7,10-16,23,27,34H,3,8-9,17-22,24H2,1H3,(H,35,39). The van der Waals surface area contributed by atoms with Crippen molar-refractivity contribution < 1.29 is 19.1 Å². The van der Waals surface area contributed by atoms with Gasteiger partial charge in [0.15, 0.2) is 0 Å². The molecule has 3 aromatic carbocycles. The van der Waals surface area contributed by atoms with Crippen LogP contribution in [0.4, 0.5) is 16.2 Å². The van der Waals surface area contributed by atoms with Crippen LogP contribution in [0.15, 0.2) is 78.9 Å². The van der Waals surface area contributed by atoms with Crippen LogP contribution in [0.2, 0.25) is 0 Å². The van der Waals surface area contributed by atoms with Crippen LogP contribution < -0.4 is 15.6 Å². The van der Waals surface area contributed by atoms with Crippen molar-refractivity contribution in [3.63, 3.8) is 0 Å². The van der Waals surface area contributed by atoms with E-state index in [-0.39, 0.29) is 31.5 Å². The van der Waals surface area contributed by atoms with Gasteiger partial charge in [0.05, 0.1) is 18.8 Å². The summed E-state index contributed by atoms with van der Waals surface area (Å²) in [5, 5.41) is 9.74. The summed E-state index contributed by atoms with van der Waals surface area (Å²) in [4.78, 5) is 40.5. The minimum atomic E-state index is -0.467. The van der Waals surface area contributed by atoms with E-state index in [1.165, 1.54) is 4.90 Å². The molecule has 2 aliphatic rings. The number of nitrogens with zero attached hydrogens (tertiary/aromatic N) is 3. The lowest BCUT2D eigenvalue weighted by Gasteiger charge is -2.37. The number of hydrazine groups is 1. The molecule has 1 saturated heterocycles. The minimum absolute atomic E-state index is 0.0438. The smallest absolute Gasteiger partial charge is 0.429 e. The fraction of sp³-hybridized carbons (Fsp3) is 0.364. The Kier molecular flexibility index (Phi) is 9.84. The molecule has 5 rings (SSSR count). The van der Waals surface area contributed by atoms with E-state index in [4.69, 9.17) is 4.74 Å². The lowest BCUT2D eigenvalue weighted by atomic mass is 10.0. The van der Waals surface area contributed by atoms with Crippen molar-refractivity contribution >= 4 is 29.3 Å². The molecule has 1 saturated carbocycles. The van der Waals surface area contributed by atoms with Crippen LogP contribution in [0.5, 0.6) is 0 Å². The van der Waals surface area contributed by atoms with Crippen LogP contribution >= 0.6 is 0 Å². The zero-order chi connectivity index (χ0) is 29.3. The van der Waals surface area contributed by atoms with E-state index in [1.54, 1.807) is 36.3 Å². The Morgan fingerprint density at radius 1 is 0.905 bits per heavy atom. The third kappa shape index (κ3) is 7.74. The number of carbonyl (C=O) groups is 3. The molecule has 3 amide bonds. The first-order valence-electron chi connectivity index (χ1n) is 14.7. The van der Waals surface area contributed by atoms with Gasteiger partial charge in [-0.25, -0.2) is 14.8 Å². The zero-order valence-electron chi connectivity index (χ0n) is 24.1. The van der Waals surface area contributed by atoms with Gasteiger partial charge in [-0.05, 0) is 55.5 Å². The Morgan fingerprint density at radius 2 is 1.64 bits per heavy atom. The summed E-state index contributed by atoms with van der Waals surface area (Å²) in [5.74, 6) is -0.362. The molecule has 1 heterocycles. The lowest BCUT2D eigenvalue weighted by Crippen LogP contribution is -2.50. The maximum Gasteiger partial charge on any atom is 0.429 e. The Labute approximate surface area is 247 Å². The summed E-state index contributed by atoms with van der Waals surface area (Å²) < 4.78 is 5.77. The number of carbonyl (C=O) groups excluding carboxylic acids is 3. The molecular weight excluding hydrogens is 530 g/mol. The average molecular weight is 570 g/mol. The number of anilines is 2. The van der Waals surface area contributed by atoms with Crippen LogP contribution in [0.3, 0.4) is 0 Å². The molecule has 9 heteroatoms. The Balaban J connectivity index is 1.21. The minimum Gasteiger partial charge on any atom is -0.446 e. The highest BCUT2D eigenvalue weighted by Gasteiger charge is 2.28. The van der Waals surface area contributed by atoms with Crippen molar-refractivity contribution in [2.24, 2.45) is 0 Å². The molecule has 9 nitrogen and oxygen atoms in total. The van der Waals surface area contributed by atoms with Gasteiger partial charge in [0.1, 0.15) is 6.61 Å². The summed E-state index contributed by atoms with van der Waals surface area (Å²) in [6.07, 6.45) is 4.89. The summed E-state index contributed by atoms with van der Waals surface area (Å²) in [5.41, 5.74) is 3.75. The van der Waals surface area contributed by atoms with Gasteiger partial charge in [-0.15, -0.1) is 0 Å². The highest BCUT2D eigenvalue weighted by atomic mass is 16.6. The number of ether oxygens (including phenoxy) is 1. The van der Waals surface area contributed by atoms with Crippen molar-refractivity contribution in [2.45, 2.75) is 38.1 Å². The Hall–Kier alpha value is -4.21. The van der Waals surface area contributed by atoms with Gasteiger partial charge in [0, 0.05) is 43.0 Å². The fourth-order valence-electron chi connectivity index (χ4n) is 5.08. The van der Waals surface area contributed by atoms with Gasteiger partial charge in [-0.3, -0.25) is 9.59 Å². The van der Waals surface area contributed by atoms with Crippen molar-refractivity contribution in [3.05, 3.63) is 84.4 Å².